The molecule has 11 heteroatoms. The molecule has 1 heterocycles. The summed E-state index contributed by atoms with van der Waals surface area (Å²) >= 11 is 0. The normalized spacial score (nSPS) is 20.8. The zero-order chi connectivity index (χ0) is 27.2. The predicted molar refractivity (Wildman–Crippen MR) is 132 cm³/mol. The van der Waals surface area contributed by atoms with E-state index in [0.717, 1.165) is 35.4 Å². The lowest BCUT2D eigenvalue weighted by molar-refractivity contribution is -0.143. The van der Waals surface area contributed by atoms with Gasteiger partial charge in [-0.15, -0.1) is 0 Å². The molecular weight excluding hydrogens is 498 g/mol. The average molecular weight is 527 g/mol. The number of nitrogens with one attached hydrogen (secondary N) is 2. The number of hydrogen-bond acceptors (Lipinski definition) is 5. The second-order valence-electron chi connectivity index (χ2n) is 10.0. The van der Waals surface area contributed by atoms with Crippen molar-refractivity contribution in [3.05, 3.63) is 64.7 Å². The van der Waals surface area contributed by atoms with Crippen molar-refractivity contribution in [2.75, 3.05) is 18.9 Å². The highest BCUT2D eigenvalue weighted by molar-refractivity contribution is 6.06. The minimum absolute atomic E-state index is 0.0138. The lowest BCUT2D eigenvalue weighted by atomic mass is 9.94. The molecule has 5 rings (SSSR count). The minimum Gasteiger partial charge on any atom is -0.427 e. The highest BCUT2D eigenvalue weighted by atomic mass is 19.2. The summed E-state index contributed by atoms with van der Waals surface area (Å²) in [5.41, 5.74) is 0.702. The number of anilines is 1. The van der Waals surface area contributed by atoms with Gasteiger partial charge in [-0.1, -0.05) is 12.1 Å². The van der Waals surface area contributed by atoms with Gasteiger partial charge in [-0.05, 0) is 67.5 Å². The summed E-state index contributed by atoms with van der Waals surface area (Å²) < 4.78 is 32.9. The fourth-order valence-electron chi connectivity index (χ4n) is 5.28. The van der Waals surface area contributed by atoms with Crippen molar-refractivity contribution < 1.29 is 32.7 Å². The maximum atomic E-state index is 13.8. The number of carbonyl (C=O) groups is 4. The second-order valence-corrected chi connectivity index (χ2v) is 10.0. The smallest absolute Gasteiger partial charge is 0.418 e. The fraction of sp³-hybridized carbons (Fsp3) is 0.407. The molecule has 1 saturated heterocycles. The van der Waals surface area contributed by atoms with E-state index < -0.39 is 41.7 Å². The third-order valence-electron chi connectivity index (χ3n) is 7.59. The Labute approximate surface area is 218 Å². The molecule has 0 aromatic heterocycles. The number of benzene rings is 2. The Morgan fingerprint density at radius 2 is 1.92 bits per heavy atom. The number of ether oxygens (including phenoxy) is 1. The Balaban J connectivity index is 1.35. The van der Waals surface area contributed by atoms with Crippen LogP contribution in [0.1, 0.15) is 42.9 Å². The number of imide groups is 1. The van der Waals surface area contributed by atoms with Crippen LogP contribution in [0.5, 0.6) is 0 Å². The van der Waals surface area contributed by atoms with Gasteiger partial charge in [0.2, 0.25) is 11.5 Å². The molecule has 1 saturated carbocycles. The summed E-state index contributed by atoms with van der Waals surface area (Å²) in [5.74, 6) is -2.84. The molecular formula is C27H28F2N4O5. The number of fused-ring (bicyclic) bond motifs is 2. The van der Waals surface area contributed by atoms with Gasteiger partial charge in [-0.2, -0.15) is 0 Å². The summed E-state index contributed by atoms with van der Waals surface area (Å²) in [4.78, 5) is 53.9. The molecule has 200 valence electrons. The lowest BCUT2D eigenvalue weighted by Gasteiger charge is -2.30. The quantitative estimate of drug-likeness (QED) is 0.573. The number of rotatable bonds is 7. The summed E-state index contributed by atoms with van der Waals surface area (Å²) in [5, 5.41) is 5.13. The van der Waals surface area contributed by atoms with Gasteiger partial charge in [0.1, 0.15) is 6.54 Å². The summed E-state index contributed by atoms with van der Waals surface area (Å²) in [7, 11) is 1.49. The molecule has 2 fully saturated rings. The Kier molecular flexibility index (Phi) is 6.54. The van der Waals surface area contributed by atoms with Crippen molar-refractivity contribution in [3.8, 4) is 0 Å². The van der Waals surface area contributed by atoms with Gasteiger partial charge in [-0.3, -0.25) is 9.59 Å². The van der Waals surface area contributed by atoms with Crippen molar-refractivity contribution in [1.82, 2.24) is 15.1 Å². The van der Waals surface area contributed by atoms with Gasteiger partial charge in [0.25, 0.3) is 5.91 Å². The topological polar surface area (TPSA) is 108 Å². The Bertz CT molecular complexity index is 1330. The van der Waals surface area contributed by atoms with Crippen molar-refractivity contribution in [2.45, 2.75) is 50.8 Å². The first-order chi connectivity index (χ1) is 18.1. The number of urea groups is 1. The van der Waals surface area contributed by atoms with Crippen LogP contribution in [0.4, 0.5) is 24.1 Å². The summed E-state index contributed by atoms with van der Waals surface area (Å²) in [6.07, 6.45) is 1.63. The van der Waals surface area contributed by atoms with Gasteiger partial charge in [0.05, 0.1) is 0 Å². The molecule has 2 aliphatic carbocycles. The third-order valence-corrected chi connectivity index (χ3v) is 7.59. The van der Waals surface area contributed by atoms with E-state index >= 15 is 0 Å². The van der Waals surface area contributed by atoms with Crippen LogP contribution >= 0.6 is 0 Å². The lowest BCUT2D eigenvalue weighted by Crippen LogP contribution is -2.47. The number of nitrogens with zero attached hydrogens (tertiary/aromatic N) is 2. The highest BCUT2D eigenvalue weighted by Crippen LogP contribution is 2.46. The van der Waals surface area contributed by atoms with Crippen LogP contribution in [0.15, 0.2) is 36.4 Å². The highest BCUT2D eigenvalue weighted by Gasteiger charge is 2.58. The zero-order valence-corrected chi connectivity index (χ0v) is 21.1. The Morgan fingerprint density at radius 3 is 2.61 bits per heavy atom. The predicted octanol–water partition coefficient (Wildman–Crippen LogP) is 3.66. The summed E-state index contributed by atoms with van der Waals surface area (Å²) in [6, 6.07) is 7.86. The van der Waals surface area contributed by atoms with Crippen molar-refractivity contribution in [1.29, 1.82) is 0 Å². The average Bonchev–Trinajstić information content (AvgIpc) is 3.65. The fourth-order valence-corrected chi connectivity index (χ4v) is 5.28. The maximum absolute atomic E-state index is 13.8. The maximum Gasteiger partial charge on any atom is 0.418 e. The molecule has 38 heavy (non-hydrogen) atoms. The SMILES string of the molecule is CNC(=O)Nc1ccc2c(c1)CC[C@@]21OC(=O)N(CC(=O)N(Cc2ccc(F)c(F)c2)[C@@H](C)C2CC2)C1=O. The van der Waals surface area contributed by atoms with E-state index in [9.17, 15) is 28.0 Å². The monoisotopic (exact) mass is 526 g/mol. The molecule has 3 aliphatic rings. The van der Waals surface area contributed by atoms with E-state index in [0.29, 0.717) is 23.2 Å². The molecule has 0 bridgehead atoms. The number of hydrogen-bond donors (Lipinski definition) is 2. The van der Waals surface area contributed by atoms with Gasteiger partial charge in [0.15, 0.2) is 11.6 Å². The molecule has 0 unspecified atom stereocenters. The summed E-state index contributed by atoms with van der Waals surface area (Å²) in [6.45, 7) is 1.37. The van der Waals surface area contributed by atoms with E-state index in [1.807, 2.05) is 6.92 Å². The van der Waals surface area contributed by atoms with Gasteiger partial charge in [0, 0.05) is 37.3 Å². The minimum atomic E-state index is -1.52. The van der Waals surface area contributed by atoms with Crippen molar-refractivity contribution >= 4 is 29.6 Å². The Morgan fingerprint density at radius 1 is 1.16 bits per heavy atom. The van der Waals surface area contributed by atoms with E-state index in [-0.39, 0.29) is 31.0 Å². The Hall–Kier alpha value is -4.02. The number of amides is 5. The first kappa shape index (κ1) is 25.6. The zero-order valence-electron chi connectivity index (χ0n) is 21.1. The van der Waals surface area contributed by atoms with Crippen LogP contribution in [0.2, 0.25) is 0 Å². The van der Waals surface area contributed by atoms with Crippen LogP contribution in [0.3, 0.4) is 0 Å². The molecule has 2 atom stereocenters. The van der Waals surface area contributed by atoms with Crippen LogP contribution < -0.4 is 10.6 Å². The molecule has 5 amide bonds. The van der Waals surface area contributed by atoms with E-state index in [4.69, 9.17) is 4.74 Å². The standard InChI is InChI=1S/C27H28F2N4O5/c1-15(17-4-5-17)32(13-16-3-8-21(28)22(29)11-16)23(34)14-33-24(35)27(38-26(33)37)10-9-18-12-19(6-7-20(18)27)31-25(36)30-2/h3,6-8,11-12,15,17H,4-5,9-10,13-14H2,1-2H3,(H2,30,31,36)/t15-,27+/m0/s1. The second kappa shape index (κ2) is 9.70. The molecule has 2 aromatic rings. The number of aryl methyl sites for hydroxylation is 1. The first-order valence-corrected chi connectivity index (χ1v) is 12.5. The van der Waals surface area contributed by atoms with Crippen LogP contribution in [-0.4, -0.2) is 53.4 Å². The van der Waals surface area contributed by atoms with E-state index in [1.54, 1.807) is 18.2 Å². The molecule has 1 aliphatic heterocycles. The molecule has 2 N–H and O–H groups in total. The van der Waals surface area contributed by atoms with E-state index in [2.05, 4.69) is 10.6 Å². The molecule has 2 aromatic carbocycles. The van der Waals surface area contributed by atoms with Crippen LogP contribution in [0.25, 0.3) is 0 Å². The number of carbonyl (C=O) groups excluding carboxylic acids is 4. The first-order valence-electron chi connectivity index (χ1n) is 12.5. The third kappa shape index (κ3) is 4.57. The van der Waals surface area contributed by atoms with Crippen molar-refractivity contribution in [3.63, 3.8) is 0 Å². The van der Waals surface area contributed by atoms with Crippen molar-refractivity contribution in [2.24, 2.45) is 5.92 Å². The van der Waals surface area contributed by atoms with Gasteiger partial charge < -0.3 is 20.3 Å². The van der Waals surface area contributed by atoms with Crippen LogP contribution in [-0.2, 0) is 32.9 Å². The van der Waals surface area contributed by atoms with Gasteiger partial charge >= 0.3 is 12.1 Å². The van der Waals surface area contributed by atoms with E-state index in [1.165, 1.54) is 18.0 Å². The van der Waals surface area contributed by atoms with Crippen LogP contribution in [0, 0.1) is 17.6 Å². The van der Waals surface area contributed by atoms with Gasteiger partial charge in [-0.25, -0.2) is 23.3 Å². The molecule has 0 radical (unpaired) electrons. The number of halogens is 2. The molecule has 9 nitrogen and oxygen atoms in total. The molecule has 1 spiro atoms. The largest absolute Gasteiger partial charge is 0.427 e.